The Balaban J connectivity index is 0.00000144. The highest BCUT2D eigenvalue weighted by Gasteiger charge is 1.96. The van der Waals surface area contributed by atoms with E-state index in [9.17, 15) is 0 Å². The second-order valence-electron chi connectivity index (χ2n) is 2.62. The first-order valence-electron chi connectivity index (χ1n) is 4.00. The average Bonchev–Trinajstić information content (AvgIpc) is 2.46. The molecule has 0 aliphatic rings. The minimum absolute atomic E-state index is 0. The van der Waals surface area contributed by atoms with Gasteiger partial charge in [-0.25, -0.2) is 4.98 Å². The van der Waals surface area contributed by atoms with Crippen molar-refractivity contribution in [3.8, 4) is 0 Å². The fraction of sp³-hybridized carbons (Fsp3) is 0.625. The smallest absolute Gasteiger partial charge is 0.122 e. The summed E-state index contributed by atoms with van der Waals surface area (Å²) in [7, 11) is 3.68. The summed E-state index contributed by atoms with van der Waals surface area (Å²) < 4.78 is 6.90. The number of methoxy groups -OCH3 is 1. The van der Waals surface area contributed by atoms with Crippen LogP contribution in [0.5, 0.6) is 0 Å². The summed E-state index contributed by atoms with van der Waals surface area (Å²) in [5.41, 5.74) is 0. The van der Waals surface area contributed by atoms with Crippen molar-refractivity contribution >= 4 is 12.4 Å². The zero-order valence-corrected chi connectivity index (χ0v) is 8.80. The summed E-state index contributed by atoms with van der Waals surface area (Å²) in [4.78, 5) is 4.17. The minimum Gasteiger partial charge on any atom is -0.383 e. The quantitative estimate of drug-likeness (QED) is 0.715. The Bertz CT molecular complexity index is 227. The van der Waals surface area contributed by atoms with Gasteiger partial charge < -0.3 is 14.6 Å². The van der Waals surface area contributed by atoms with Crippen LogP contribution in [0.4, 0.5) is 0 Å². The Morgan fingerprint density at radius 1 is 1.62 bits per heavy atom. The molecule has 0 atom stereocenters. The largest absolute Gasteiger partial charge is 0.383 e. The monoisotopic (exact) mass is 205 g/mol. The number of aromatic nitrogens is 2. The zero-order valence-electron chi connectivity index (χ0n) is 7.99. The molecule has 76 valence electrons. The molecule has 4 nitrogen and oxygen atoms in total. The molecule has 0 aromatic carbocycles. The van der Waals surface area contributed by atoms with Gasteiger partial charge in [0.25, 0.3) is 0 Å². The summed E-state index contributed by atoms with van der Waals surface area (Å²) in [6.07, 6.45) is 3.74. The maximum atomic E-state index is 4.90. The number of ether oxygens (including phenoxy) is 1. The molecule has 0 spiro atoms. The molecule has 5 heteroatoms. The molecule has 0 saturated heterocycles. The van der Waals surface area contributed by atoms with Gasteiger partial charge in [0.2, 0.25) is 0 Å². The second kappa shape index (κ2) is 6.88. The molecule has 0 bridgehead atoms. The van der Waals surface area contributed by atoms with Crippen LogP contribution in [0.2, 0.25) is 0 Å². The van der Waals surface area contributed by atoms with Crippen molar-refractivity contribution in [2.24, 2.45) is 7.05 Å². The molecule has 0 unspecified atom stereocenters. The average molecular weight is 206 g/mol. The molecule has 13 heavy (non-hydrogen) atoms. The fourth-order valence-electron chi connectivity index (χ4n) is 0.941. The summed E-state index contributed by atoms with van der Waals surface area (Å²) >= 11 is 0. The van der Waals surface area contributed by atoms with E-state index < -0.39 is 0 Å². The zero-order chi connectivity index (χ0) is 8.81. The number of rotatable bonds is 5. The van der Waals surface area contributed by atoms with Crippen molar-refractivity contribution in [2.45, 2.75) is 6.54 Å². The second-order valence-corrected chi connectivity index (χ2v) is 2.62. The van der Waals surface area contributed by atoms with Crippen LogP contribution in [-0.2, 0) is 18.3 Å². The molecule has 1 N–H and O–H groups in total. The summed E-state index contributed by atoms with van der Waals surface area (Å²) in [5.74, 6) is 1.05. The third kappa shape index (κ3) is 4.26. The van der Waals surface area contributed by atoms with E-state index in [1.807, 2.05) is 17.8 Å². The van der Waals surface area contributed by atoms with E-state index in [-0.39, 0.29) is 12.4 Å². The lowest BCUT2D eigenvalue weighted by Crippen LogP contribution is -2.20. The standard InChI is InChI=1S/C8H15N3O.ClH/c1-11-5-3-10-8(11)7-9-4-6-12-2;/h3,5,9H,4,6-7H2,1-2H3;1H. The van der Waals surface area contributed by atoms with Crippen LogP contribution < -0.4 is 5.32 Å². The van der Waals surface area contributed by atoms with E-state index in [0.717, 1.165) is 25.5 Å². The van der Waals surface area contributed by atoms with E-state index >= 15 is 0 Å². The normalized spacial score (nSPS) is 9.69. The van der Waals surface area contributed by atoms with Gasteiger partial charge >= 0.3 is 0 Å². The van der Waals surface area contributed by atoms with Crippen molar-refractivity contribution in [3.05, 3.63) is 18.2 Å². The van der Waals surface area contributed by atoms with Crippen LogP contribution in [0.1, 0.15) is 5.82 Å². The Kier molecular flexibility index (Phi) is 6.58. The maximum Gasteiger partial charge on any atom is 0.122 e. The molecule has 1 aromatic rings. The summed E-state index contributed by atoms with van der Waals surface area (Å²) in [6.45, 7) is 2.40. The third-order valence-electron chi connectivity index (χ3n) is 1.69. The Morgan fingerprint density at radius 3 is 2.92 bits per heavy atom. The van der Waals surface area contributed by atoms with Crippen LogP contribution in [0, 0.1) is 0 Å². The van der Waals surface area contributed by atoms with Crippen LogP contribution in [0.25, 0.3) is 0 Å². The molecular formula is C8H16ClN3O. The first-order valence-corrected chi connectivity index (χ1v) is 4.00. The van der Waals surface area contributed by atoms with Crippen LogP contribution in [-0.4, -0.2) is 29.8 Å². The van der Waals surface area contributed by atoms with Gasteiger partial charge in [0.05, 0.1) is 13.2 Å². The lowest BCUT2D eigenvalue weighted by Gasteiger charge is -2.03. The summed E-state index contributed by atoms with van der Waals surface area (Å²) in [6, 6.07) is 0. The lowest BCUT2D eigenvalue weighted by molar-refractivity contribution is 0.199. The number of halogens is 1. The number of nitrogens with zero attached hydrogens (tertiary/aromatic N) is 2. The van der Waals surface area contributed by atoms with Gasteiger partial charge in [0.15, 0.2) is 0 Å². The predicted molar refractivity (Wildman–Crippen MR) is 54.0 cm³/mol. The molecule has 0 fully saturated rings. The highest BCUT2D eigenvalue weighted by molar-refractivity contribution is 5.85. The lowest BCUT2D eigenvalue weighted by atomic mass is 10.5. The van der Waals surface area contributed by atoms with Gasteiger partial charge in [0.1, 0.15) is 5.82 Å². The van der Waals surface area contributed by atoms with E-state index in [2.05, 4.69) is 10.3 Å². The molecule has 0 aliphatic heterocycles. The Hall–Kier alpha value is -0.580. The molecule has 1 aromatic heterocycles. The third-order valence-corrected chi connectivity index (χ3v) is 1.69. The highest BCUT2D eigenvalue weighted by Crippen LogP contribution is 1.91. The first-order chi connectivity index (χ1) is 5.84. The molecule has 0 amide bonds. The van der Waals surface area contributed by atoms with Crippen molar-refractivity contribution in [1.82, 2.24) is 14.9 Å². The van der Waals surface area contributed by atoms with E-state index in [0.29, 0.717) is 0 Å². The van der Waals surface area contributed by atoms with Crippen LogP contribution >= 0.6 is 12.4 Å². The van der Waals surface area contributed by atoms with Gasteiger partial charge in [-0.3, -0.25) is 0 Å². The highest BCUT2D eigenvalue weighted by atomic mass is 35.5. The van der Waals surface area contributed by atoms with E-state index in [1.54, 1.807) is 13.3 Å². The van der Waals surface area contributed by atoms with Crippen molar-refractivity contribution in [3.63, 3.8) is 0 Å². The summed E-state index contributed by atoms with van der Waals surface area (Å²) in [5, 5.41) is 3.22. The van der Waals surface area contributed by atoms with Crippen molar-refractivity contribution in [2.75, 3.05) is 20.3 Å². The molecule has 1 rings (SSSR count). The molecule has 0 aliphatic carbocycles. The Labute approximate surface area is 84.7 Å². The molecule has 0 radical (unpaired) electrons. The van der Waals surface area contributed by atoms with Crippen molar-refractivity contribution < 1.29 is 4.74 Å². The number of aryl methyl sites for hydroxylation is 1. The van der Waals surface area contributed by atoms with E-state index in [1.165, 1.54) is 0 Å². The van der Waals surface area contributed by atoms with E-state index in [4.69, 9.17) is 4.74 Å². The maximum absolute atomic E-state index is 4.90. The molecule has 1 heterocycles. The van der Waals surface area contributed by atoms with Crippen LogP contribution in [0.3, 0.4) is 0 Å². The number of hydrogen-bond acceptors (Lipinski definition) is 3. The first kappa shape index (κ1) is 12.4. The number of nitrogens with one attached hydrogen (secondary N) is 1. The van der Waals surface area contributed by atoms with Gasteiger partial charge in [0, 0.05) is 33.1 Å². The van der Waals surface area contributed by atoms with Crippen molar-refractivity contribution in [1.29, 1.82) is 0 Å². The van der Waals surface area contributed by atoms with Gasteiger partial charge in [-0.05, 0) is 0 Å². The van der Waals surface area contributed by atoms with Gasteiger partial charge in [-0.1, -0.05) is 0 Å². The number of imidazole rings is 1. The van der Waals surface area contributed by atoms with Crippen LogP contribution in [0.15, 0.2) is 12.4 Å². The molecular weight excluding hydrogens is 190 g/mol. The fourth-order valence-corrected chi connectivity index (χ4v) is 0.941. The number of hydrogen-bond donors (Lipinski definition) is 1. The topological polar surface area (TPSA) is 39.1 Å². The minimum atomic E-state index is 0. The molecule has 0 saturated carbocycles. The Morgan fingerprint density at radius 2 is 2.38 bits per heavy atom. The SMILES string of the molecule is COCCNCc1nccn1C.Cl. The van der Waals surface area contributed by atoms with Gasteiger partial charge in [-0.15, -0.1) is 12.4 Å². The predicted octanol–water partition coefficient (Wildman–Crippen LogP) is 0.578. The van der Waals surface area contributed by atoms with Gasteiger partial charge in [-0.2, -0.15) is 0 Å².